The summed E-state index contributed by atoms with van der Waals surface area (Å²) in [5, 5.41) is 4.67. The molecule has 0 heterocycles. The van der Waals surface area contributed by atoms with E-state index in [9.17, 15) is 9.59 Å². The van der Waals surface area contributed by atoms with Crippen molar-refractivity contribution in [2.45, 2.75) is 70.5 Å². The van der Waals surface area contributed by atoms with E-state index < -0.39 is 6.04 Å². The number of rotatable bonds is 8. The smallest absolute Gasteiger partial charge is 0.243 e. The standard InChI is InChI=1S/C25H29Cl3N2O2/c1-2-23(25(32)29-20-6-4-3-5-7-20)30(16-17-8-11-19(26)12-9-17)24(31)15-18-10-13-21(27)22(28)14-18/h8-14,20,23H,2-7,15-16H2,1H3,(H,29,32). The Kier molecular flexibility index (Phi) is 9.27. The van der Waals surface area contributed by atoms with Crippen LogP contribution >= 0.6 is 34.8 Å². The van der Waals surface area contributed by atoms with E-state index in [2.05, 4.69) is 5.32 Å². The van der Waals surface area contributed by atoms with E-state index in [0.717, 1.165) is 36.8 Å². The molecule has 2 amide bonds. The molecule has 0 saturated heterocycles. The quantitative estimate of drug-likeness (QED) is 0.458. The van der Waals surface area contributed by atoms with Gasteiger partial charge >= 0.3 is 0 Å². The molecule has 0 spiro atoms. The number of nitrogens with one attached hydrogen (secondary N) is 1. The molecule has 1 fully saturated rings. The Morgan fingerprint density at radius 2 is 1.62 bits per heavy atom. The van der Waals surface area contributed by atoms with Gasteiger partial charge < -0.3 is 10.2 Å². The van der Waals surface area contributed by atoms with E-state index in [0.29, 0.717) is 28.0 Å². The van der Waals surface area contributed by atoms with Crippen molar-refractivity contribution < 1.29 is 9.59 Å². The molecule has 1 atom stereocenters. The van der Waals surface area contributed by atoms with Crippen LogP contribution in [0.5, 0.6) is 0 Å². The first-order chi connectivity index (χ1) is 15.4. The van der Waals surface area contributed by atoms with Crippen molar-refractivity contribution in [1.82, 2.24) is 10.2 Å². The largest absolute Gasteiger partial charge is 0.352 e. The average molecular weight is 496 g/mol. The normalized spacial score (nSPS) is 15.2. The fourth-order valence-corrected chi connectivity index (χ4v) is 4.62. The van der Waals surface area contributed by atoms with Crippen LogP contribution in [0, 0.1) is 0 Å². The van der Waals surface area contributed by atoms with E-state index in [1.165, 1.54) is 6.42 Å². The monoisotopic (exact) mass is 494 g/mol. The number of carbonyl (C=O) groups excluding carboxylic acids is 2. The van der Waals surface area contributed by atoms with Crippen LogP contribution in [0.3, 0.4) is 0 Å². The lowest BCUT2D eigenvalue weighted by atomic mass is 9.95. The predicted molar refractivity (Wildman–Crippen MR) is 131 cm³/mol. The van der Waals surface area contributed by atoms with Crippen molar-refractivity contribution in [3.05, 3.63) is 68.7 Å². The number of hydrogen-bond acceptors (Lipinski definition) is 2. The van der Waals surface area contributed by atoms with Crippen LogP contribution in [-0.4, -0.2) is 28.8 Å². The lowest BCUT2D eigenvalue weighted by Gasteiger charge is -2.33. The van der Waals surface area contributed by atoms with Gasteiger partial charge in [-0.1, -0.05) is 79.2 Å². The van der Waals surface area contributed by atoms with Gasteiger partial charge in [0.1, 0.15) is 6.04 Å². The highest BCUT2D eigenvalue weighted by atomic mass is 35.5. The lowest BCUT2D eigenvalue weighted by Crippen LogP contribution is -2.51. The zero-order valence-electron chi connectivity index (χ0n) is 18.3. The second kappa shape index (κ2) is 11.9. The second-order valence-electron chi connectivity index (χ2n) is 8.34. The number of benzene rings is 2. The molecule has 2 aromatic rings. The van der Waals surface area contributed by atoms with E-state index in [1.807, 2.05) is 19.1 Å². The molecule has 1 aliphatic rings. The summed E-state index contributed by atoms with van der Waals surface area (Å²) < 4.78 is 0. The van der Waals surface area contributed by atoms with E-state index in [-0.39, 0.29) is 24.3 Å². The van der Waals surface area contributed by atoms with E-state index >= 15 is 0 Å². The molecule has 7 heteroatoms. The zero-order valence-corrected chi connectivity index (χ0v) is 20.5. The van der Waals surface area contributed by atoms with Crippen molar-refractivity contribution in [3.63, 3.8) is 0 Å². The summed E-state index contributed by atoms with van der Waals surface area (Å²) in [6.07, 6.45) is 6.14. The maximum atomic E-state index is 13.4. The number of halogens is 3. The maximum Gasteiger partial charge on any atom is 0.243 e. The summed E-state index contributed by atoms with van der Waals surface area (Å²) in [7, 11) is 0. The minimum Gasteiger partial charge on any atom is -0.352 e. The summed E-state index contributed by atoms with van der Waals surface area (Å²) >= 11 is 18.2. The van der Waals surface area contributed by atoms with Crippen LogP contribution < -0.4 is 5.32 Å². The summed E-state index contributed by atoms with van der Waals surface area (Å²) in [6, 6.07) is 12.2. The Hall–Kier alpha value is -1.75. The summed E-state index contributed by atoms with van der Waals surface area (Å²) in [6.45, 7) is 2.26. The van der Waals surface area contributed by atoms with Crippen LogP contribution in [0.1, 0.15) is 56.6 Å². The molecule has 0 aliphatic heterocycles. The highest BCUT2D eigenvalue weighted by molar-refractivity contribution is 6.42. The Bertz CT molecular complexity index is 927. The summed E-state index contributed by atoms with van der Waals surface area (Å²) in [5.41, 5.74) is 1.67. The van der Waals surface area contributed by atoms with Crippen LogP contribution in [-0.2, 0) is 22.6 Å². The molecule has 172 valence electrons. The molecule has 0 radical (unpaired) electrons. The van der Waals surface area contributed by atoms with Crippen molar-refractivity contribution in [2.24, 2.45) is 0 Å². The Balaban J connectivity index is 1.81. The van der Waals surface area contributed by atoms with Crippen molar-refractivity contribution in [2.75, 3.05) is 0 Å². The number of carbonyl (C=O) groups is 2. The van der Waals surface area contributed by atoms with E-state index in [4.69, 9.17) is 34.8 Å². The number of nitrogens with zero attached hydrogens (tertiary/aromatic N) is 1. The van der Waals surface area contributed by atoms with Gasteiger partial charge in [-0.05, 0) is 54.7 Å². The van der Waals surface area contributed by atoms with Crippen LogP contribution in [0.4, 0.5) is 0 Å². The average Bonchev–Trinajstić information content (AvgIpc) is 2.78. The molecule has 1 N–H and O–H groups in total. The third-order valence-corrected chi connectivity index (χ3v) is 6.93. The van der Waals surface area contributed by atoms with Gasteiger partial charge in [-0.25, -0.2) is 0 Å². The van der Waals surface area contributed by atoms with Crippen molar-refractivity contribution in [3.8, 4) is 0 Å². The second-order valence-corrected chi connectivity index (χ2v) is 9.59. The molecule has 4 nitrogen and oxygen atoms in total. The first kappa shape index (κ1) is 24.9. The highest BCUT2D eigenvalue weighted by Crippen LogP contribution is 2.24. The molecule has 1 aliphatic carbocycles. The number of hydrogen-bond donors (Lipinski definition) is 1. The zero-order chi connectivity index (χ0) is 23.1. The van der Waals surface area contributed by atoms with Crippen LogP contribution in [0.15, 0.2) is 42.5 Å². The molecule has 32 heavy (non-hydrogen) atoms. The molecule has 2 aromatic carbocycles. The van der Waals surface area contributed by atoms with Gasteiger partial charge in [0.2, 0.25) is 11.8 Å². The molecule has 1 unspecified atom stereocenters. The lowest BCUT2D eigenvalue weighted by molar-refractivity contribution is -0.141. The van der Waals surface area contributed by atoms with Gasteiger partial charge in [0.25, 0.3) is 0 Å². The van der Waals surface area contributed by atoms with E-state index in [1.54, 1.807) is 35.2 Å². The predicted octanol–water partition coefficient (Wildman–Crippen LogP) is 6.45. The van der Waals surface area contributed by atoms with Gasteiger partial charge in [-0.2, -0.15) is 0 Å². The number of amides is 2. The third-order valence-electron chi connectivity index (χ3n) is 5.94. The van der Waals surface area contributed by atoms with Crippen LogP contribution in [0.2, 0.25) is 15.1 Å². The Morgan fingerprint density at radius 3 is 2.25 bits per heavy atom. The minimum absolute atomic E-state index is 0.0872. The van der Waals surface area contributed by atoms with Crippen LogP contribution in [0.25, 0.3) is 0 Å². The van der Waals surface area contributed by atoms with Gasteiger partial charge in [0, 0.05) is 17.6 Å². The van der Waals surface area contributed by atoms with Gasteiger partial charge in [-0.15, -0.1) is 0 Å². The molecule has 0 aromatic heterocycles. The Labute approximate surface area is 205 Å². The van der Waals surface area contributed by atoms with Gasteiger partial charge in [0.05, 0.1) is 16.5 Å². The molecule has 3 rings (SSSR count). The van der Waals surface area contributed by atoms with Gasteiger partial charge in [0.15, 0.2) is 0 Å². The fraction of sp³-hybridized carbons (Fsp3) is 0.440. The van der Waals surface area contributed by atoms with Crippen molar-refractivity contribution in [1.29, 1.82) is 0 Å². The fourth-order valence-electron chi connectivity index (χ4n) is 4.18. The first-order valence-corrected chi connectivity index (χ1v) is 12.3. The minimum atomic E-state index is -0.553. The Morgan fingerprint density at radius 1 is 0.969 bits per heavy atom. The maximum absolute atomic E-state index is 13.4. The topological polar surface area (TPSA) is 49.4 Å². The SMILES string of the molecule is CCC(C(=O)NC1CCCCC1)N(Cc1ccc(Cl)cc1)C(=O)Cc1ccc(Cl)c(Cl)c1. The highest BCUT2D eigenvalue weighted by Gasteiger charge is 2.30. The molecular weight excluding hydrogens is 467 g/mol. The molecule has 0 bridgehead atoms. The molecular formula is C25H29Cl3N2O2. The summed E-state index contributed by atoms with van der Waals surface area (Å²) in [4.78, 5) is 28.3. The molecule has 1 saturated carbocycles. The van der Waals surface area contributed by atoms with Gasteiger partial charge in [-0.3, -0.25) is 9.59 Å². The third kappa shape index (κ3) is 6.87. The summed E-state index contributed by atoms with van der Waals surface area (Å²) in [5.74, 6) is -0.222. The first-order valence-electron chi connectivity index (χ1n) is 11.2. The van der Waals surface area contributed by atoms with Crippen molar-refractivity contribution >= 4 is 46.6 Å².